The van der Waals surface area contributed by atoms with E-state index in [1.54, 1.807) is 0 Å². The molecule has 0 aromatic rings. The molecule has 1 N–H and O–H groups in total. The van der Waals surface area contributed by atoms with Crippen molar-refractivity contribution >= 4 is 0 Å². The fourth-order valence-electron chi connectivity index (χ4n) is 4.09. The van der Waals surface area contributed by atoms with E-state index in [1.165, 1.54) is 103 Å². The van der Waals surface area contributed by atoms with Gasteiger partial charge in [-0.25, -0.2) is 0 Å². The average Bonchev–Trinajstić information content (AvgIpc) is 2.47. The Morgan fingerprint density at radius 1 is 0.900 bits per heavy atom. The van der Waals surface area contributed by atoms with E-state index in [-0.39, 0.29) is 0 Å². The molecule has 0 aromatic carbocycles. The fraction of sp³-hybridized carbons (Fsp3) is 1.00. The Bertz CT molecular complexity index is 240. The molecule has 2 nitrogen and oxygen atoms in total. The molecular weight excluding hydrogens is 244 g/mol. The number of nitrogens with zero attached hydrogens (tertiary/aromatic N) is 1. The van der Waals surface area contributed by atoms with Gasteiger partial charge in [0, 0.05) is 25.2 Å². The smallest absolute Gasteiger partial charge is 0.0309 e. The Balaban J connectivity index is 1.56. The lowest BCUT2D eigenvalue weighted by Gasteiger charge is -2.46. The van der Waals surface area contributed by atoms with Gasteiger partial charge in [0.2, 0.25) is 0 Å². The zero-order valence-corrected chi connectivity index (χ0v) is 13.8. The molecule has 1 spiro atoms. The Kier molecular flexibility index (Phi) is 7.37. The Labute approximate surface area is 126 Å². The molecule has 0 amide bonds. The van der Waals surface area contributed by atoms with Gasteiger partial charge in [-0.2, -0.15) is 0 Å². The zero-order chi connectivity index (χ0) is 14.1. The normalized spacial score (nSPS) is 23.2. The predicted molar refractivity (Wildman–Crippen MR) is 88.3 cm³/mol. The van der Waals surface area contributed by atoms with Crippen molar-refractivity contribution < 1.29 is 0 Å². The summed E-state index contributed by atoms with van der Waals surface area (Å²) in [5.41, 5.74) is 0.498. The van der Waals surface area contributed by atoms with E-state index in [4.69, 9.17) is 0 Å². The van der Waals surface area contributed by atoms with Crippen LogP contribution in [0, 0.1) is 0 Å². The van der Waals surface area contributed by atoms with Crippen molar-refractivity contribution in [1.29, 1.82) is 0 Å². The summed E-state index contributed by atoms with van der Waals surface area (Å²) in [6.45, 7) is 7.46. The van der Waals surface area contributed by atoms with Gasteiger partial charge in [0.05, 0.1) is 0 Å². The van der Waals surface area contributed by atoms with E-state index in [1.807, 2.05) is 0 Å². The molecule has 0 unspecified atom stereocenters. The largest absolute Gasteiger partial charge is 0.309 e. The van der Waals surface area contributed by atoms with E-state index < -0.39 is 0 Å². The van der Waals surface area contributed by atoms with Crippen LogP contribution in [-0.2, 0) is 0 Å². The number of hydrogen-bond donors (Lipinski definition) is 1. The Morgan fingerprint density at radius 2 is 1.60 bits per heavy atom. The van der Waals surface area contributed by atoms with Crippen molar-refractivity contribution in [1.82, 2.24) is 10.2 Å². The van der Waals surface area contributed by atoms with E-state index in [0.29, 0.717) is 5.54 Å². The van der Waals surface area contributed by atoms with Gasteiger partial charge in [-0.15, -0.1) is 0 Å². The minimum Gasteiger partial charge on any atom is -0.309 e. The summed E-state index contributed by atoms with van der Waals surface area (Å²) in [5.74, 6) is 0. The molecule has 1 saturated carbocycles. The Hall–Kier alpha value is -0.0800. The van der Waals surface area contributed by atoms with Gasteiger partial charge in [-0.3, -0.25) is 0 Å². The van der Waals surface area contributed by atoms with Crippen molar-refractivity contribution in [2.24, 2.45) is 0 Å². The Morgan fingerprint density at radius 3 is 2.35 bits per heavy atom. The van der Waals surface area contributed by atoms with Gasteiger partial charge in [-0.05, 0) is 25.8 Å². The average molecular weight is 280 g/mol. The molecule has 2 aliphatic rings. The molecule has 2 fully saturated rings. The number of piperazine rings is 1. The van der Waals surface area contributed by atoms with Crippen molar-refractivity contribution in [2.45, 2.75) is 89.5 Å². The van der Waals surface area contributed by atoms with Crippen molar-refractivity contribution in [3.63, 3.8) is 0 Å². The van der Waals surface area contributed by atoms with Crippen molar-refractivity contribution in [3.8, 4) is 0 Å². The molecule has 1 aliphatic heterocycles. The van der Waals surface area contributed by atoms with Gasteiger partial charge in [-0.1, -0.05) is 64.7 Å². The number of rotatable bonds is 8. The number of nitrogens with one attached hydrogen (secondary N) is 1. The first-order valence-electron chi connectivity index (χ1n) is 9.32. The minimum atomic E-state index is 0.498. The standard InChI is InChI=1S/C18H36N2/c1-2-3-4-5-6-7-11-15-20-16-14-19-18(17-20)12-9-8-10-13-18/h19H,2-17H2,1H3. The summed E-state index contributed by atoms with van der Waals surface area (Å²) < 4.78 is 0. The molecule has 1 heterocycles. The van der Waals surface area contributed by atoms with Crippen LogP contribution >= 0.6 is 0 Å². The second-order valence-corrected chi connectivity index (χ2v) is 7.17. The minimum absolute atomic E-state index is 0.498. The number of unbranched alkanes of at least 4 members (excludes halogenated alkanes) is 6. The first kappa shape index (κ1) is 16.3. The van der Waals surface area contributed by atoms with Crippen LogP contribution in [0.1, 0.15) is 84.0 Å². The van der Waals surface area contributed by atoms with Crippen LogP contribution in [0.4, 0.5) is 0 Å². The molecule has 2 rings (SSSR count). The monoisotopic (exact) mass is 280 g/mol. The highest BCUT2D eigenvalue weighted by molar-refractivity contribution is 4.96. The van der Waals surface area contributed by atoms with Crippen LogP contribution in [0.15, 0.2) is 0 Å². The van der Waals surface area contributed by atoms with Crippen LogP contribution in [0.5, 0.6) is 0 Å². The summed E-state index contributed by atoms with van der Waals surface area (Å²) in [6.07, 6.45) is 17.2. The predicted octanol–water partition coefficient (Wildman–Crippen LogP) is 4.35. The van der Waals surface area contributed by atoms with Gasteiger partial charge in [0.1, 0.15) is 0 Å². The molecule has 2 heteroatoms. The molecule has 0 atom stereocenters. The molecule has 118 valence electrons. The quantitative estimate of drug-likeness (QED) is 0.665. The molecule has 20 heavy (non-hydrogen) atoms. The van der Waals surface area contributed by atoms with Gasteiger partial charge < -0.3 is 10.2 Å². The SMILES string of the molecule is CCCCCCCCCN1CCNC2(CCCCC2)C1. The van der Waals surface area contributed by atoms with Gasteiger partial charge in [0.15, 0.2) is 0 Å². The maximum absolute atomic E-state index is 3.85. The lowest BCUT2D eigenvalue weighted by atomic mass is 9.80. The van der Waals surface area contributed by atoms with Crippen molar-refractivity contribution in [2.75, 3.05) is 26.2 Å². The van der Waals surface area contributed by atoms with E-state index >= 15 is 0 Å². The lowest BCUT2D eigenvalue weighted by molar-refractivity contribution is 0.0980. The molecule has 0 radical (unpaired) electrons. The second-order valence-electron chi connectivity index (χ2n) is 7.17. The van der Waals surface area contributed by atoms with Crippen LogP contribution in [-0.4, -0.2) is 36.6 Å². The topological polar surface area (TPSA) is 15.3 Å². The highest BCUT2D eigenvalue weighted by Gasteiger charge is 2.35. The van der Waals surface area contributed by atoms with E-state index in [2.05, 4.69) is 17.1 Å². The number of hydrogen-bond acceptors (Lipinski definition) is 2. The third-order valence-corrected chi connectivity index (χ3v) is 5.34. The maximum Gasteiger partial charge on any atom is 0.0309 e. The maximum atomic E-state index is 3.85. The second kappa shape index (κ2) is 9.04. The van der Waals surface area contributed by atoms with Gasteiger partial charge >= 0.3 is 0 Å². The highest BCUT2D eigenvalue weighted by atomic mass is 15.2. The molecule has 1 saturated heterocycles. The fourth-order valence-corrected chi connectivity index (χ4v) is 4.09. The molecule has 1 aliphatic carbocycles. The summed E-state index contributed by atoms with van der Waals surface area (Å²) in [4.78, 5) is 2.74. The summed E-state index contributed by atoms with van der Waals surface area (Å²) in [6, 6.07) is 0. The molecule has 0 aromatic heterocycles. The van der Waals surface area contributed by atoms with Gasteiger partial charge in [0.25, 0.3) is 0 Å². The van der Waals surface area contributed by atoms with E-state index in [9.17, 15) is 0 Å². The van der Waals surface area contributed by atoms with Crippen LogP contribution < -0.4 is 5.32 Å². The van der Waals surface area contributed by atoms with Crippen molar-refractivity contribution in [3.05, 3.63) is 0 Å². The zero-order valence-electron chi connectivity index (χ0n) is 13.8. The summed E-state index contributed by atoms with van der Waals surface area (Å²) in [7, 11) is 0. The van der Waals surface area contributed by atoms with Crippen LogP contribution in [0.25, 0.3) is 0 Å². The summed E-state index contributed by atoms with van der Waals surface area (Å²) in [5, 5.41) is 3.85. The van der Waals surface area contributed by atoms with E-state index in [0.717, 1.165) is 0 Å². The molecule has 0 bridgehead atoms. The first-order chi connectivity index (χ1) is 9.85. The lowest BCUT2D eigenvalue weighted by Crippen LogP contribution is -2.61. The third kappa shape index (κ3) is 5.37. The van der Waals surface area contributed by atoms with Crippen LogP contribution in [0.3, 0.4) is 0 Å². The first-order valence-corrected chi connectivity index (χ1v) is 9.32. The molecular formula is C18H36N2. The van der Waals surface area contributed by atoms with Crippen LogP contribution in [0.2, 0.25) is 0 Å². The summed E-state index contributed by atoms with van der Waals surface area (Å²) >= 11 is 0. The highest BCUT2D eigenvalue weighted by Crippen LogP contribution is 2.30. The third-order valence-electron chi connectivity index (χ3n) is 5.34.